The number of fused-ring (bicyclic) bond motifs is 1. The number of allylic oxidation sites excluding steroid dienone is 1. The molecule has 0 saturated carbocycles. The standard InChI is InChI=1S/C13H15BrN2/c14-11-6-10(7-15-8-11)12-3-1-2-9-4-5-16-13(9)12/h3,6-9,13,16H,1-2,4-5H2. The number of rotatable bonds is 1. The predicted molar refractivity (Wildman–Crippen MR) is 69.0 cm³/mol. The summed E-state index contributed by atoms with van der Waals surface area (Å²) in [6, 6.07) is 2.73. The van der Waals surface area contributed by atoms with Crippen LogP contribution in [0.1, 0.15) is 24.8 Å². The maximum Gasteiger partial charge on any atom is 0.0410 e. The SMILES string of the molecule is Brc1cncc(C2=CCCC3CCNC23)c1. The van der Waals surface area contributed by atoms with Crippen LogP contribution in [0.4, 0.5) is 0 Å². The predicted octanol–water partition coefficient (Wildman–Crippen LogP) is 3.00. The second-order valence-electron chi connectivity index (χ2n) is 4.61. The molecule has 0 aromatic carbocycles. The third-order valence-electron chi connectivity index (χ3n) is 3.63. The molecular weight excluding hydrogens is 264 g/mol. The summed E-state index contributed by atoms with van der Waals surface area (Å²) in [6.45, 7) is 1.16. The number of hydrogen-bond acceptors (Lipinski definition) is 2. The summed E-state index contributed by atoms with van der Waals surface area (Å²) in [6.07, 6.45) is 10.1. The fourth-order valence-electron chi connectivity index (χ4n) is 2.88. The molecule has 0 spiro atoms. The highest BCUT2D eigenvalue weighted by atomic mass is 79.9. The minimum Gasteiger partial charge on any atom is -0.310 e. The third kappa shape index (κ3) is 1.82. The quantitative estimate of drug-likeness (QED) is 0.854. The van der Waals surface area contributed by atoms with Crippen LogP contribution in [0.25, 0.3) is 5.57 Å². The van der Waals surface area contributed by atoms with Gasteiger partial charge in [0.25, 0.3) is 0 Å². The molecule has 3 heteroatoms. The van der Waals surface area contributed by atoms with Gasteiger partial charge in [-0.3, -0.25) is 4.98 Å². The van der Waals surface area contributed by atoms with Crippen LogP contribution in [0.2, 0.25) is 0 Å². The van der Waals surface area contributed by atoms with Crippen LogP contribution in [0.15, 0.2) is 29.0 Å². The van der Waals surface area contributed by atoms with Crippen molar-refractivity contribution in [3.63, 3.8) is 0 Å². The van der Waals surface area contributed by atoms with E-state index >= 15 is 0 Å². The Bertz CT molecular complexity index is 428. The number of pyridine rings is 1. The molecule has 1 aromatic rings. The second kappa shape index (κ2) is 4.30. The average molecular weight is 279 g/mol. The van der Waals surface area contributed by atoms with Gasteiger partial charge in [0.1, 0.15) is 0 Å². The Balaban J connectivity index is 1.96. The first-order chi connectivity index (χ1) is 7.84. The zero-order valence-corrected chi connectivity index (χ0v) is 10.7. The van der Waals surface area contributed by atoms with Crippen molar-refractivity contribution in [1.29, 1.82) is 0 Å². The van der Waals surface area contributed by atoms with E-state index < -0.39 is 0 Å². The van der Waals surface area contributed by atoms with Crippen LogP contribution in [0.3, 0.4) is 0 Å². The van der Waals surface area contributed by atoms with Gasteiger partial charge in [0.2, 0.25) is 0 Å². The summed E-state index contributed by atoms with van der Waals surface area (Å²) in [4.78, 5) is 4.26. The molecule has 2 unspecified atom stereocenters. The van der Waals surface area contributed by atoms with Crippen molar-refractivity contribution in [3.8, 4) is 0 Å². The van der Waals surface area contributed by atoms with Crippen molar-refractivity contribution in [3.05, 3.63) is 34.6 Å². The molecule has 1 saturated heterocycles. The zero-order chi connectivity index (χ0) is 11.0. The Morgan fingerprint density at radius 2 is 2.25 bits per heavy atom. The van der Waals surface area contributed by atoms with E-state index in [1.807, 2.05) is 12.4 Å². The molecule has 84 valence electrons. The normalized spacial score (nSPS) is 28.7. The summed E-state index contributed by atoms with van der Waals surface area (Å²) >= 11 is 3.49. The molecule has 2 atom stereocenters. The van der Waals surface area contributed by atoms with E-state index in [2.05, 4.69) is 38.4 Å². The van der Waals surface area contributed by atoms with E-state index in [0.717, 1.165) is 16.9 Å². The number of nitrogens with zero attached hydrogens (tertiary/aromatic N) is 1. The monoisotopic (exact) mass is 278 g/mol. The summed E-state index contributed by atoms with van der Waals surface area (Å²) < 4.78 is 1.06. The Hall–Kier alpha value is -0.670. The minimum absolute atomic E-state index is 0.560. The van der Waals surface area contributed by atoms with Crippen molar-refractivity contribution >= 4 is 21.5 Å². The molecule has 1 aromatic heterocycles. The van der Waals surface area contributed by atoms with Gasteiger partial charge >= 0.3 is 0 Å². The van der Waals surface area contributed by atoms with E-state index in [0.29, 0.717) is 6.04 Å². The lowest BCUT2D eigenvalue weighted by Gasteiger charge is -2.27. The third-order valence-corrected chi connectivity index (χ3v) is 4.06. The molecule has 1 aliphatic heterocycles. The van der Waals surface area contributed by atoms with Crippen molar-refractivity contribution < 1.29 is 0 Å². The average Bonchev–Trinajstić information content (AvgIpc) is 2.76. The van der Waals surface area contributed by atoms with E-state index in [-0.39, 0.29) is 0 Å². The summed E-state index contributed by atoms with van der Waals surface area (Å²) in [5, 5.41) is 3.62. The van der Waals surface area contributed by atoms with Gasteiger partial charge in [0.15, 0.2) is 0 Å². The molecule has 1 fully saturated rings. The molecule has 0 bridgehead atoms. The van der Waals surface area contributed by atoms with Gasteiger partial charge in [0.05, 0.1) is 0 Å². The number of aromatic nitrogens is 1. The van der Waals surface area contributed by atoms with Gasteiger partial charge in [-0.1, -0.05) is 6.08 Å². The minimum atomic E-state index is 0.560. The Morgan fingerprint density at radius 1 is 1.31 bits per heavy atom. The first-order valence-electron chi connectivity index (χ1n) is 5.89. The van der Waals surface area contributed by atoms with E-state index in [1.165, 1.54) is 30.4 Å². The lowest BCUT2D eigenvalue weighted by Crippen LogP contribution is -2.30. The van der Waals surface area contributed by atoms with Gasteiger partial charge in [-0.25, -0.2) is 0 Å². The largest absolute Gasteiger partial charge is 0.310 e. The summed E-state index contributed by atoms with van der Waals surface area (Å²) in [7, 11) is 0. The van der Waals surface area contributed by atoms with Gasteiger partial charge in [-0.05, 0) is 64.9 Å². The number of hydrogen-bond donors (Lipinski definition) is 1. The molecule has 1 N–H and O–H groups in total. The summed E-state index contributed by atoms with van der Waals surface area (Å²) in [5.41, 5.74) is 2.71. The Morgan fingerprint density at radius 3 is 3.12 bits per heavy atom. The van der Waals surface area contributed by atoms with Crippen molar-refractivity contribution in [2.75, 3.05) is 6.54 Å². The first-order valence-corrected chi connectivity index (χ1v) is 6.68. The van der Waals surface area contributed by atoms with Crippen LogP contribution >= 0.6 is 15.9 Å². The molecule has 2 heterocycles. The Kier molecular flexibility index (Phi) is 2.82. The Labute approximate surface area is 104 Å². The van der Waals surface area contributed by atoms with Gasteiger partial charge in [-0.15, -0.1) is 0 Å². The zero-order valence-electron chi connectivity index (χ0n) is 9.12. The highest BCUT2D eigenvalue weighted by Crippen LogP contribution is 2.36. The smallest absolute Gasteiger partial charge is 0.0410 e. The lowest BCUT2D eigenvalue weighted by atomic mass is 9.82. The molecule has 3 rings (SSSR count). The van der Waals surface area contributed by atoms with Crippen LogP contribution in [0.5, 0.6) is 0 Å². The van der Waals surface area contributed by atoms with Crippen LogP contribution < -0.4 is 5.32 Å². The van der Waals surface area contributed by atoms with Crippen LogP contribution in [-0.2, 0) is 0 Å². The van der Waals surface area contributed by atoms with Crippen molar-refractivity contribution in [2.45, 2.75) is 25.3 Å². The van der Waals surface area contributed by atoms with Gasteiger partial charge in [0, 0.05) is 22.9 Å². The number of nitrogens with one attached hydrogen (secondary N) is 1. The van der Waals surface area contributed by atoms with Crippen LogP contribution in [-0.4, -0.2) is 17.6 Å². The highest BCUT2D eigenvalue weighted by molar-refractivity contribution is 9.10. The lowest BCUT2D eigenvalue weighted by molar-refractivity contribution is 0.470. The molecule has 16 heavy (non-hydrogen) atoms. The van der Waals surface area contributed by atoms with E-state index in [4.69, 9.17) is 0 Å². The highest BCUT2D eigenvalue weighted by Gasteiger charge is 2.32. The van der Waals surface area contributed by atoms with Crippen LogP contribution in [0, 0.1) is 5.92 Å². The number of halogens is 1. The molecule has 2 aliphatic rings. The van der Waals surface area contributed by atoms with Crippen molar-refractivity contribution in [2.24, 2.45) is 5.92 Å². The fraction of sp³-hybridized carbons (Fsp3) is 0.462. The maximum absolute atomic E-state index is 4.26. The first kappa shape index (κ1) is 10.5. The van der Waals surface area contributed by atoms with Gasteiger partial charge in [-0.2, -0.15) is 0 Å². The topological polar surface area (TPSA) is 24.9 Å². The molecule has 0 radical (unpaired) electrons. The molecule has 0 amide bonds. The summed E-state index contributed by atoms with van der Waals surface area (Å²) in [5.74, 6) is 0.832. The molecule has 1 aliphatic carbocycles. The van der Waals surface area contributed by atoms with Gasteiger partial charge < -0.3 is 5.32 Å². The van der Waals surface area contributed by atoms with Crippen molar-refractivity contribution in [1.82, 2.24) is 10.3 Å². The molecule has 2 nitrogen and oxygen atoms in total. The second-order valence-corrected chi connectivity index (χ2v) is 5.52. The fourth-order valence-corrected chi connectivity index (χ4v) is 3.24. The van der Waals surface area contributed by atoms with E-state index in [9.17, 15) is 0 Å². The van der Waals surface area contributed by atoms with E-state index in [1.54, 1.807) is 0 Å². The molecular formula is C13H15BrN2. The maximum atomic E-state index is 4.26.